The third-order valence-electron chi connectivity index (χ3n) is 4.71. The van der Waals surface area contributed by atoms with Crippen LogP contribution in [0, 0.1) is 11.7 Å². The van der Waals surface area contributed by atoms with Gasteiger partial charge in [-0.25, -0.2) is 12.8 Å². The molecule has 1 fully saturated rings. The lowest BCUT2D eigenvalue weighted by Gasteiger charge is -2.31. The molecule has 2 amide bonds. The molecule has 0 radical (unpaired) electrons. The predicted octanol–water partition coefficient (Wildman–Crippen LogP) is 1.98. The summed E-state index contributed by atoms with van der Waals surface area (Å²) in [7, 11) is -3.67. The first-order valence-corrected chi connectivity index (χ1v) is 10.7. The molecule has 29 heavy (non-hydrogen) atoms. The number of amides is 2. The van der Waals surface area contributed by atoms with Crippen LogP contribution < -0.4 is 10.6 Å². The van der Waals surface area contributed by atoms with Gasteiger partial charge in [-0.1, -0.05) is 30.3 Å². The standard InChI is InChI=1S/C20H22FN3O4S/c21-17-10-4-5-11-18(17)23-19(25)13-22-20(26)15-7-6-12-24(14-15)29(27,28)16-8-2-1-3-9-16/h1-5,8-11,15H,6-7,12-14H2,(H,22,26)(H,23,25). The van der Waals surface area contributed by atoms with Crippen molar-refractivity contribution in [3.05, 3.63) is 60.4 Å². The maximum atomic E-state index is 13.6. The minimum Gasteiger partial charge on any atom is -0.347 e. The van der Waals surface area contributed by atoms with E-state index < -0.39 is 33.6 Å². The second-order valence-corrected chi connectivity index (χ2v) is 8.70. The van der Waals surface area contributed by atoms with E-state index in [1.807, 2.05) is 0 Å². The quantitative estimate of drug-likeness (QED) is 0.749. The number of nitrogens with zero attached hydrogens (tertiary/aromatic N) is 1. The van der Waals surface area contributed by atoms with Gasteiger partial charge in [0.05, 0.1) is 23.0 Å². The fraction of sp³-hybridized carbons (Fsp3) is 0.300. The van der Waals surface area contributed by atoms with Crippen LogP contribution in [0.5, 0.6) is 0 Å². The fourth-order valence-corrected chi connectivity index (χ4v) is 4.73. The van der Waals surface area contributed by atoms with Gasteiger partial charge in [0.25, 0.3) is 0 Å². The highest BCUT2D eigenvalue weighted by Crippen LogP contribution is 2.23. The number of carbonyl (C=O) groups excluding carboxylic acids is 2. The van der Waals surface area contributed by atoms with Crippen LogP contribution in [0.4, 0.5) is 10.1 Å². The zero-order valence-corrected chi connectivity index (χ0v) is 16.5. The fourth-order valence-electron chi connectivity index (χ4n) is 3.18. The molecule has 154 valence electrons. The van der Waals surface area contributed by atoms with Gasteiger partial charge in [0.15, 0.2) is 0 Å². The molecular weight excluding hydrogens is 397 g/mol. The van der Waals surface area contributed by atoms with E-state index in [4.69, 9.17) is 0 Å². The summed E-state index contributed by atoms with van der Waals surface area (Å²) < 4.78 is 40.4. The van der Waals surface area contributed by atoms with Crippen molar-refractivity contribution in [2.75, 3.05) is 25.0 Å². The van der Waals surface area contributed by atoms with Crippen LogP contribution in [0.15, 0.2) is 59.5 Å². The van der Waals surface area contributed by atoms with Crippen molar-refractivity contribution in [2.45, 2.75) is 17.7 Å². The van der Waals surface area contributed by atoms with Crippen molar-refractivity contribution in [1.29, 1.82) is 0 Å². The molecule has 0 bridgehead atoms. The highest BCUT2D eigenvalue weighted by Gasteiger charge is 2.33. The van der Waals surface area contributed by atoms with E-state index in [9.17, 15) is 22.4 Å². The Bertz CT molecular complexity index is 982. The Labute approximate surface area is 169 Å². The highest BCUT2D eigenvalue weighted by atomic mass is 32.2. The third-order valence-corrected chi connectivity index (χ3v) is 6.59. The van der Waals surface area contributed by atoms with Crippen LogP contribution in [0.2, 0.25) is 0 Å². The first-order chi connectivity index (χ1) is 13.9. The summed E-state index contributed by atoms with van der Waals surface area (Å²) in [5, 5.41) is 4.90. The molecule has 0 aliphatic carbocycles. The monoisotopic (exact) mass is 419 g/mol. The van der Waals surface area contributed by atoms with Crippen molar-refractivity contribution in [1.82, 2.24) is 9.62 Å². The number of carbonyl (C=O) groups is 2. The van der Waals surface area contributed by atoms with Crippen LogP contribution in [0.25, 0.3) is 0 Å². The topological polar surface area (TPSA) is 95.6 Å². The van der Waals surface area contributed by atoms with Crippen molar-refractivity contribution < 1.29 is 22.4 Å². The van der Waals surface area contributed by atoms with Crippen LogP contribution in [0.1, 0.15) is 12.8 Å². The number of halogens is 1. The van der Waals surface area contributed by atoms with Crippen molar-refractivity contribution in [2.24, 2.45) is 5.92 Å². The molecule has 9 heteroatoms. The minimum atomic E-state index is -3.67. The number of hydrogen-bond donors (Lipinski definition) is 2. The zero-order valence-electron chi connectivity index (χ0n) is 15.7. The van der Waals surface area contributed by atoms with Crippen LogP contribution in [0.3, 0.4) is 0 Å². The Morgan fingerprint density at radius 1 is 1.07 bits per heavy atom. The molecule has 0 aromatic heterocycles. The first-order valence-electron chi connectivity index (χ1n) is 9.25. The lowest BCUT2D eigenvalue weighted by molar-refractivity contribution is -0.128. The van der Waals surface area contributed by atoms with Gasteiger partial charge in [-0.05, 0) is 37.1 Å². The Morgan fingerprint density at radius 3 is 2.48 bits per heavy atom. The van der Waals surface area contributed by atoms with E-state index in [2.05, 4.69) is 10.6 Å². The molecule has 2 aromatic carbocycles. The van der Waals surface area contributed by atoms with E-state index >= 15 is 0 Å². The molecule has 0 saturated carbocycles. The van der Waals surface area contributed by atoms with Gasteiger partial charge in [0, 0.05) is 13.1 Å². The molecule has 1 atom stereocenters. The number of sulfonamides is 1. The maximum Gasteiger partial charge on any atom is 0.243 e. The van der Waals surface area contributed by atoms with Crippen LogP contribution in [-0.2, 0) is 19.6 Å². The number of benzene rings is 2. The Hall–Kier alpha value is -2.78. The van der Waals surface area contributed by atoms with Gasteiger partial charge in [-0.2, -0.15) is 4.31 Å². The molecule has 1 aliphatic rings. The molecule has 1 heterocycles. The lowest BCUT2D eigenvalue weighted by Crippen LogP contribution is -2.46. The minimum absolute atomic E-state index is 0.0320. The smallest absolute Gasteiger partial charge is 0.243 e. The summed E-state index contributed by atoms with van der Waals surface area (Å²) in [6.07, 6.45) is 1.08. The summed E-state index contributed by atoms with van der Waals surface area (Å²) in [4.78, 5) is 24.6. The zero-order chi connectivity index (χ0) is 20.9. The van der Waals surface area contributed by atoms with Gasteiger partial charge >= 0.3 is 0 Å². The van der Waals surface area contributed by atoms with Crippen LogP contribution in [-0.4, -0.2) is 44.2 Å². The Morgan fingerprint density at radius 2 is 1.76 bits per heavy atom. The predicted molar refractivity (Wildman–Crippen MR) is 106 cm³/mol. The Balaban J connectivity index is 1.56. The van der Waals surface area contributed by atoms with Gasteiger partial charge in [0.1, 0.15) is 5.82 Å². The number of piperidine rings is 1. The second kappa shape index (κ2) is 9.15. The van der Waals surface area contributed by atoms with E-state index in [1.54, 1.807) is 24.3 Å². The highest BCUT2D eigenvalue weighted by molar-refractivity contribution is 7.89. The summed E-state index contributed by atoms with van der Waals surface area (Å²) in [6.45, 7) is 0.0713. The molecule has 1 aliphatic heterocycles. The lowest BCUT2D eigenvalue weighted by atomic mass is 9.99. The Kier molecular flexibility index (Phi) is 6.60. The van der Waals surface area contributed by atoms with Crippen molar-refractivity contribution in [3.8, 4) is 0 Å². The molecule has 0 spiro atoms. The summed E-state index contributed by atoms with van der Waals surface area (Å²) in [5.41, 5.74) is 0.0320. The molecule has 3 rings (SSSR count). The van der Waals surface area contributed by atoms with E-state index in [-0.39, 0.29) is 23.7 Å². The molecule has 7 nitrogen and oxygen atoms in total. The SMILES string of the molecule is O=C(CNC(=O)C1CCCN(S(=O)(=O)c2ccccc2)C1)Nc1ccccc1F. The van der Waals surface area contributed by atoms with Crippen molar-refractivity contribution >= 4 is 27.5 Å². The number of rotatable bonds is 6. The molecule has 2 aromatic rings. The van der Waals surface area contributed by atoms with Gasteiger partial charge < -0.3 is 10.6 Å². The summed E-state index contributed by atoms with van der Waals surface area (Å²) in [5.74, 6) is -2.08. The number of para-hydroxylation sites is 1. The normalized spacial score (nSPS) is 17.5. The molecule has 2 N–H and O–H groups in total. The van der Waals surface area contributed by atoms with E-state index in [0.717, 1.165) is 0 Å². The number of anilines is 1. The van der Waals surface area contributed by atoms with Crippen molar-refractivity contribution in [3.63, 3.8) is 0 Å². The van der Waals surface area contributed by atoms with E-state index in [1.165, 1.54) is 34.6 Å². The molecule has 1 saturated heterocycles. The van der Waals surface area contributed by atoms with E-state index in [0.29, 0.717) is 19.4 Å². The second-order valence-electron chi connectivity index (χ2n) is 6.76. The summed E-state index contributed by atoms with van der Waals surface area (Å²) in [6, 6.07) is 13.8. The maximum absolute atomic E-state index is 13.6. The summed E-state index contributed by atoms with van der Waals surface area (Å²) >= 11 is 0. The third kappa shape index (κ3) is 5.18. The van der Waals surface area contributed by atoms with Gasteiger partial charge in [-0.15, -0.1) is 0 Å². The average molecular weight is 419 g/mol. The molecular formula is C20H22FN3O4S. The average Bonchev–Trinajstić information content (AvgIpc) is 2.74. The number of nitrogens with one attached hydrogen (secondary N) is 2. The van der Waals surface area contributed by atoms with Gasteiger partial charge in [-0.3, -0.25) is 9.59 Å². The largest absolute Gasteiger partial charge is 0.347 e. The van der Waals surface area contributed by atoms with Crippen LogP contribution >= 0.6 is 0 Å². The first kappa shape index (κ1) is 20.9. The van der Waals surface area contributed by atoms with Gasteiger partial charge in [0.2, 0.25) is 21.8 Å². The number of hydrogen-bond acceptors (Lipinski definition) is 4. The molecule has 1 unspecified atom stereocenters.